The molecule has 6 heteroatoms. The second kappa shape index (κ2) is 9.72. The number of nitrogens with zero attached hydrogens (tertiary/aromatic N) is 5. The van der Waals surface area contributed by atoms with E-state index < -0.39 is 6.98 Å². The number of pyridine rings is 1. The molecule has 36 heavy (non-hydrogen) atoms. The Kier molecular flexibility index (Phi) is 5.81. The maximum atomic E-state index is 8.04. The first-order valence-electron chi connectivity index (χ1n) is 12.7. The van der Waals surface area contributed by atoms with Crippen LogP contribution in [0.25, 0.3) is 44.3 Å². The monoisotopic (exact) mass is 653 g/mol. The Morgan fingerprint density at radius 2 is 1.58 bits per heavy atom. The van der Waals surface area contributed by atoms with Gasteiger partial charge in [0.15, 0.2) is 0 Å². The van der Waals surface area contributed by atoms with Gasteiger partial charge in [-0.15, -0.1) is 6.07 Å². The van der Waals surface area contributed by atoms with Gasteiger partial charge in [0.25, 0.3) is 0 Å². The summed E-state index contributed by atoms with van der Waals surface area (Å²) in [5.74, 6) is 0. The number of hydrogen-bond acceptors (Lipinski definition) is 2. The maximum absolute atomic E-state index is 8.04. The van der Waals surface area contributed by atoms with E-state index in [1.807, 2.05) is 36.4 Å². The van der Waals surface area contributed by atoms with E-state index in [4.69, 9.17) is 20.9 Å². The van der Waals surface area contributed by atoms with Crippen molar-refractivity contribution in [1.29, 1.82) is 5.26 Å². The minimum Gasteiger partial charge on any atom is -0.512 e. The quantitative estimate of drug-likeness (QED) is 0.172. The molecule has 6 rings (SSSR count). The average Bonchev–Trinajstić information content (AvgIpc) is 3.46. The molecule has 182 valence electrons. The Hall–Kier alpha value is -3.74. The van der Waals surface area contributed by atoms with E-state index in [1.165, 1.54) is 4.57 Å². The molecular formula is C30H25N5Pt-2. The number of para-hydroxylation sites is 3. The van der Waals surface area contributed by atoms with Crippen LogP contribution < -0.4 is 4.57 Å². The van der Waals surface area contributed by atoms with Gasteiger partial charge < -0.3 is 25.5 Å². The molecule has 0 aliphatic rings. The number of aryl methyl sites for hydroxylation is 1. The zero-order chi connectivity index (χ0) is 27.2. The van der Waals surface area contributed by atoms with Crippen molar-refractivity contribution in [2.24, 2.45) is 6.98 Å². The van der Waals surface area contributed by atoms with Gasteiger partial charge in [0.05, 0.1) is 27.6 Å². The van der Waals surface area contributed by atoms with Gasteiger partial charge in [-0.3, -0.25) is 0 Å². The number of hydrogen-bond donors (Lipinski definition) is 0. The maximum Gasteiger partial charge on any atom is 0.242 e. The average molecular weight is 654 g/mol. The number of imidazole rings is 1. The normalized spacial score (nSPS) is 12.9. The molecule has 0 radical (unpaired) electrons. The Morgan fingerprint density at radius 3 is 2.33 bits per heavy atom. The van der Waals surface area contributed by atoms with Crippen molar-refractivity contribution in [2.45, 2.75) is 26.2 Å². The Bertz CT molecular complexity index is 1770. The second-order valence-electron chi connectivity index (χ2n) is 9.38. The molecule has 3 aromatic heterocycles. The summed E-state index contributed by atoms with van der Waals surface area (Å²) in [6.07, 6.45) is 4.89. The summed E-state index contributed by atoms with van der Waals surface area (Å²) < 4.78 is 29.3. The SMILES string of the molecule is [2H]C([2H])([2H])[n+]1[c-]n(-c2[c-]c(-n3c4ccccc4c4cccnc43)cc(C(C)(C)C)c2)c2ccccc21.[C-]#N.[Pt]. The summed E-state index contributed by atoms with van der Waals surface area (Å²) in [5.41, 5.74) is 5.74. The third kappa shape index (κ3) is 4.12. The molecule has 0 spiro atoms. The van der Waals surface area contributed by atoms with Gasteiger partial charge in [-0.25, -0.2) is 4.98 Å². The van der Waals surface area contributed by atoms with Crippen molar-refractivity contribution in [3.63, 3.8) is 0 Å². The van der Waals surface area contributed by atoms with Crippen LogP contribution >= 0.6 is 0 Å². The zero-order valence-corrected chi connectivity index (χ0v) is 22.3. The molecule has 0 N–H and O–H groups in total. The molecule has 3 heterocycles. The summed E-state index contributed by atoms with van der Waals surface area (Å²) in [7, 11) is 0. The zero-order valence-electron chi connectivity index (χ0n) is 23.1. The van der Waals surface area contributed by atoms with E-state index in [0.29, 0.717) is 5.52 Å². The summed E-state index contributed by atoms with van der Waals surface area (Å²) in [6, 6.07) is 27.5. The number of rotatable bonds is 2. The molecule has 0 aliphatic heterocycles. The molecule has 3 aromatic carbocycles. The predicted molar refractivity (Wildman–Crippen MR) is 138 cm³/mol. The molecule has 6 aromatic rings. The third-order valence-electron chi connectivity index (χ3n) is 6.19. The fraction of sp³-hybridized carbons (Fsp3) is 0.167. The van der Waals surface area contributed by atoms with Crippen LogP contribution in [0.1, 0.15) is 30.4 Å². The van der Waals surface area contributed by atoms with Gasteiger partial charge >= 0.3 is 0 Å². The van der Waals surface area contributed by atoms with Gasteiger partial charge in [-0.1, -0.05) is 74.6 Å². The molecule has 0 saturated heterocycles. The van der Waals surface area contributed by atoms with Gasteiger partial charge in [-0.2, -0.15) is 17.7 Å². The largest absolute Gasteiger partial charge is 0.512 e. The summed E-state index contributed by atoms with van der Waals surface area (Å²) in [4.78, 5) is 4.73. The van der Waals surface area contributed by atoms with Crippen LogP contribution in [0, 0.1) is 24.2 Å². The van der Waals surface area contributed by atoms with Gasteiger partial charge in [0, 0.05) is 38.0 Å². The summed E-state index contributed by atoms with van der Waals surface area (Å²) >= 11 is 0. The topological polar surface area (TPSA) is 50.4 Å². The number of benzene rings is 3. The van der Waals surface area contributed by atoms with E-state index >= 15 is 0 Å². The van der Waals surface area contributed by atoms with Crippen LogP contribution in [0.3, 0.4) is 0 Å². The molecule has 0 amide bonds. The van der Waals surface area contributed by atoms with Crippen molar-refractivity contribution < 1.29 is 29.7 Å². The van der Waals surface area contributed by atoms with Crippen LogP contribution in [0.4, 0.5) is 0 Å². The second-order valence-corrected chi connectivity index (χ2v) is 9.38. The fourth-order valence-electron chi connectivity index (χ4n) is 4.49. The van der Waals surface area contributed by atoms with Crippen molar-refractivity contribution in [1.82, 2.24) is 14.1 Å². The molecule has 5 nitrogen and oxygen atoms in total. The first-order chi connectivity index (χ1) is 18.1. The predicted octanol–water partition coefficient (Wildman–Crippen LogP) is 5.94. The van der Waals surface area contributed by atoms with Crippen molar-refractivity contribution in [3.05, 3.63) is 104 Å². The standard InChI is InChI=1S/C29H25N4.CN.Pt/c1-29(2,3)20-16-21(32-19-31(4)26-13-7-8-14-27(26)32)18-22(17-20)33-25-12-6-5-10-23(25)24-11-9-15-30-28(24)33;1-2;/h5-17H,1-4H3;;/q2*-1;/i4D3;;. The summed E-state index contributed by atoms with van der Waals surface area (Å²) in [6.45, 7) is 8.90. The van der Waals surface area contributed by atoms with Gasteiger partial charge in [0.1, 0.15) is 5.65 Å². The van der Waals surface area contributed by atoms with Gasteiger partial charge in [0.2, 0.25) is 6.33 Å². The number of aromatic nitrogens is 4. The minimum absolute atomic E-state index is 0. The molecular weight excluding hydrogens is 625 g/mol. The third-order valence-corrected chi connectivity index (χ3v) is 6.19. The molecule has 0 fully saturated rings. The smallest absolute Gasteiger partial charge is 0.242 e. The molecule has 0 unspecified atom stereocenters. The summed E-state index contributed by atoms with van der Waals surface area (Å²) in [5, 5.41) is 8.44. The van der Waals surface area contributed by atoms with Gasteiger partial charge in [-0.05, 0) is 23.6 Å². The fourth-order valence-corrected chi connectivity index (χ4v) is 4.49. The molecule has 0 saturated carbocycles. The van der Waals surface area contributed by atoms with E-state index in [1.54, 1.807) is 16.8 Å². The van der Waals surface area contributed by atoms with E-state index in [0.717, 1.165) is 44.4 Å². The van der Waals surface area contributed by atoms with Crippen LogP contribution in [0.5, 0.6) is 0 Å². The van der Waals surface area contributed by atoms with Crippen LogP contribution in [0.2, 0.25) is 0 Å². The Labute approximate surface area is 229 Å². The molecule has 0 aliphatic carbocycles. The molecule has 0 atom stereocenters. The first kappa shape index (κ1) is 21.5. The van der Waals surface area contributed by atoms with Crippen LogP contribution in [-0.4, -0.2) is 14.1 Å². The minimum atomic E-state index is -2.36. The Balaban J connectivity index is 0.00000115. The van der Waals surface area contributed by atoms with Crippen molar-refractivity contribution >= 4 is 33.0 Å². The van der Waals surface area contributed by atoms with E-state index in [9.17, 15) is 0 Å². The number of fused-ring (bicyclic) bond motifs is 4. The van der Waals surface area contributed by atoms with Crippen molar-refractivity contribution in [3.8, 4) is 11.4 Å². The first-order valence-corrected chi connectivity index (χ1v) is 11.2. The Morgan fingerprint density at radius 1 is 0.917 bits per heavy atom. The van der Waals surface area contributed by atoms with E-state index in [-0.39, 0.29) is 26.5 Å². The van der Waals surface area contributed by atoms with Crippen molar-refractivity contribution in [2.75, 3.05) is 0 Å². The van der Waals surface area contributed by atoms with E-state index in [2.05, 4.69) is 68.1 Å². The van der Waals surface area contributed by atoms with Crippen LogP contribution in [-0.2, 0) is 33.5 Å². The van der Waals surface area contributed by atoms with Crippen LogP contribution in [0.15, 0.2) is 79.0 Å². The molecule has 0 bridgehead atoms.